The summed E-state index contributed by atoms with van der Waals surface area (Å²) in [7, 11) is -4.73. The summed E-state index contributed by atoms with van der Waals surface area (Å²) in [6, 6.07) is 20.5. The average molecular weight is 1010 g/mol. The molecule has 0 aromatic heterocycles. The molecule has 3 aromatic carbocycles. The minimum Gasteiger partial charge on any atom is -0.282 e. The maximum absolute atomic E-state index is 11.5. The second kappa shape index (κ2) is 39.4. The van der Waals surface area contributed by atoms with Gasteiger partial charge >= 0.3 is 0 Å². The summed E-state index contributed by atoms with van der Waals surface area (Å²) in [6.07, 6.45) is 42.8. The van der Waals surface area contributed by atoms with Gasteiger partial charge in [-0.15, -0.1) is 0 Å². The van der Waals surface area contributed by atoms with E-state index in [0.29, 0.717) is 0 Å². The highest BCUT2D eigenvalue weighted by molar-refractivity contribution is 8.13. The van der Waals surface area contributed by atoms with Gasteiger partial charge in [-0.3, -0.25) is 8.74 Å². The quantitative estimate of drug-likeness (QED) is 0.0261. The van der Waals surface area contributed by atoms with Crippen LogP contribution >= 0.6 is 10.7 Å². The van der Waals surface area contributed by atoms with E-state index in [0.717, 1.165) is 31.2 Å². The predicted molar refractivity (Wildman–Crippen MR) is 283 cm³/mol. The smallest absolute Gasteiger partial charge is 0.282 e. The highest BCUT2D eigenvalue weighted by Crippen LogP contribution is 2.19. The van der Waals surface area contributed by atoms with Crippen molar-refractivity contribution >= 4 is 40.0 Å². The van der Waals surface area contributed by atoms with Crippen LogP contribution in [-0.4, -0.2) is 36.9 Å². The summed E-state index contributed by atoms with van der Waals surface area (Å²) in [5.74, 6) is 0. The molecule has 0 aliphatic rings. The minimum absolute atomic E-state index is 0.0284. The lowest BCUT2D eigenvalue weighted by molar-refractivity contribution is 0.397. The minimum atomic E-state index is -4.06. The van der Waals surface area contributed by atoms with E-state index >= 15 is 0 Å². The monoisotopic (exact) mass is 1010 g/mol. The first-order valence-electron chi connectivity index (χ1n) is 26.2. The molecule has 12 heteroatoms. The fourth-order valence-electron chi connectivity index (χ4n) is 8.02. The summed E-state index contributed by atoms with van der Waals surface area (Å²) in [5, 5.41) is 0. The van der Waals surface area contributed by atoms with E-state index in [-0.39, 0.29) is 14.7 Å². The van der Waals surface area contributed by atoms with Crippen LogP contribution in [0.1, 0.15) is 230 Å². The highest BCUT2D eigenvalue weighted by Gasteiger charge is 2.12. The van der Waals surface area contributed by atoms with Crippen molar-refractivity contribution in [3.63, 3.8) is 0 Å². The van der Waals surface area contributed by atoms with Crippen molar-refractivity contribution in [3.8, 4) is 0 Å². The molecule has 67 heavy (non-hydrogen) atoms. The molecule has 1 N–H and O–H groups in total. The van der Waals surface area contributed by atoms with Gasteiger partial charge in [-0.25, -0.2) is 8.42 Å². The van der Waals surface area contributed by atoms with Crippen LogP contribution in [0.3, 0.4) is 0 Å². The summed E-state index contributed by atoms with van der Waals surface area (Å²) >= 11 is 0. The molecule has 0 atom stereocenters. The second-order valence-electron chi connectivity index (χ2n) is 18.3. The Morgan fingerprint density at radius 3 is 0.806 bits per heavy atom. The van der Waals surface area contributed by atoms with Gasteiger partial charge in [-0.2, -0.15) is 16.8 Å². The molecule has 0 unspecified atom stereocenters. The number of rotatable bonds is 37. The average Bonchev–Trinajstić information content (AvgIpc) is 3.31. The standard InChI is InChI=1S/C19H32O3S.C18H29ClO2S.C18H30O3S/c1-3-4-5-6-7-8-9-10-11-12-13-18-14-16-19(17-15-18)23(20,21)22-2;2*1-2-3-4-5-6-7-8-9-10-11-12-17-13-15-18(16-14-17)22(19,20)21/h14-17H,3-13H2,1-2H3;13-16H,2-12H2,1H3;13-16H,2-12H2,1H3,(H,19,20,21). The van der Waals surface area contributed by atoms with Gasteiger partial charge in [0.25, 0.3) is 29.3 Å². The predicted octanol–water partition coefficient (Wildman–Crippen LogP) is 17.0. The van der Waals surface area contributed by atoms with E-state index in [1.807, 2.05) is 24.3 Å². The van der Waals surface area contributed by atoms with Gasteiger partial charge in [-0.05, 0) is 91.6 Å². The Kier molecular flexibility index (Phi) is 36.9. The Morgan fingerprint density at radius 2 is 0.582 bits per heavy atom. The Bertz CT molecular complexity index is 1860. The maximum atomic E-state index is 11.5. The lowest BCUT2D eigenvalue weighted by atomic mass is 10.0. The van der Waals surface area contributed by atoms with Crippen molar-refractivity contribution in [3.05, 3.63) is 89.5 Å². The summed E-state index contributed by atoms with van der Waals surface area (Å²) in [4.78, 5) is 0.382. The maximum Gasteiger partial charge on any atom is 0.296 e. The molecular weight excluding hydrogens is 920 g/mol. The second-order valence-corrected chi connectivity index (χ2v) is 24.0. The largest absolute Gasteiger partial charge is 0.296 e. The number of benzene rings is 3. The molecule has 0 heterocycles. The Morgan fingerprint density at radius 1 is 0.358 bits per heavy atom. The molecule has 0 aliphatic carbocycles. The zero-order chi connectivity index (χ0) is 49.5. The zero-order valence-corrected chi connectivity index (χ0v) is 45.4. The van der Waals surface area contributed by atoms with Crippen molar-refractivity contribution in [2.24, 2.45) is 0 Å². The van der Waals surface area contributed by atoms with Gasteiger partial charge in [0.15, 0.2) is 0 Å². The fraction of sp³-hybridized carbons (Fsp3) is 0.673. The molecule has 0 saturated heterocycles. The first kappa shape index (κ1) is 62.7. The van der Waals surface area contributed by atoms with E-state index in [4.69, 9.17) is 15.2 Å². The summed E-state index contributed by atoms with van der Waals surface area (Å²) in [6.45, 7) is 6.75. The van der Waals surface area contributed by atoms with E-state index in [9.17, 15) is 25.3 Å². The van der Waals surface area contributed by atoms with Gasteiger partial charge < -0.3 is 0 Å². The molecule has 0 bridgehead atoms. The highest BCUT2D eigenvalue weighted by atomic mass is 35.7. The number of unbranched alkanes of at least 4 members (excludes halogenated alkanes) is 27. The first-order chi connectivity index (χ1) is 32.2. The van der Waals surface area contributed by atoms with Crippen LogP contribution < -0.4 is 0 Å². The van der Waals surface area contributed by atoms with Crippen molar-refractivity contribution in [1.29, 1.82) is 0 Å². The Hall–Kier alpha value is -2.28. The lowest BCUT2D eigenvalue weighted by Crippen LogP contribution is -2.02. The number of halogens is 1. The molecular formula is C55H91ClO8S3. The molecule has 0 saturated carbocycles. The van der Waals surface area contributed by atoms with Gasteiger partial charge in [0.2, 0.25) is 0 Å². The van der Waals surface area contributed by atoms with Crippen molar-refractivity contribution < 1.29 is 34.0 Å². The van der Waals surface area contributed by atoms with Crippen LogP contribution in [0.25, 0.3) is 0 Å². The van der Waals surface area contributed by atoms with Crippen LogP contribution in [0.2, 0.25) is 0 Å². The van der Waals surface area contributed by atoms with E-state index in [2.05, 4.69) is 25.0 Å². The van der Waals surface area contributed by atoms with Crippen molar-refractivity contribution in [1.82, 2.24) is 0 Å². The van der Waals surface area contributed by atoms with E-state index < -0.39 is 29.3 Å². The number of hydrogen-bond donors (Lipinski definition) is 1. The molecule has 0 radical (unpaired) electrons. The van der Waals surface area contributed by atoms with Crippen molar-refractivity contribution in [2.75, 3.05) is 7.11 Å². The van der Waals surface area contributed by atoms with Gasteiger partial charge in [0.05, 0.1) is 21.8 Å². The number of hydrogen-bond acceptors (Lipinski definition) is 7. The van der Waals surface area contributed by atoms with Crippen LogP contribution in [0, 0.1) is 0 Å². The summed E-state index contributed by atoms with van der Waals surface area (Å²) in [5.41, 5.74) is 3.51. The Balaban J connectivity index is 0.000000503. The van der Waals surface area contributed by atoms with Crippen LogP contribution in [-0.2, 0) is 52.7 Å². The van der Waals surface area contributed by atoms with Crippen LogP contribution in [0.5, 0.6) is 0 Å². The van der Waals surface area contributed by atoms with E-state index in [1.165, 1.54) is 217 Å². The SMILES string of the molecule is CCCCCCCCCCCCc1ccc(S(=O)(=O)Cl)cc1.CCCCCCCCCCCCc1ccc(S(=O)(=O)O)cc1.CCCCCCCCCCCCc1ccc(S(=O)(=O)OC)cc1. The normalized spacial score (nSPS) is 11.7. The molecule has 3 aromatic rings. The first-order valence-corrected chi connectivity index (χ1v) is 31.3. The third kappa shape index (κ3) is 33.8. The number of aryl methyl sites for hydroxylation is 3. The van der Waals surface area contributed by atoms with Crippen LogP contribution in [0.15, 0.2) is 87.5 Å². The molecule has 3 rings (SSSR count). The summed E-state index contributed by atoms with van der Waals surface area (Å²) < 4.78 is 80.7. The molecule has 0 fully saturated rings. The molecule has 0 spiro atoms. The van der Waals surface area contributed by atoms with Crippen molar-refractivity contribution in [2.45, 2.75) is 247 Å². The van der Waals surface area contributed by atoms with Gasteiger partial charge in [-0.1, -0.05) is 231 Å². The fourth-order valence-corrected chi connectivity index (χ4v) is 9.93. The zero-order valence-electron chi connectivity index (χ0n) is 42.2. The van der Waals surface area contributed by atoms with Gasteiger partial charge in [0.1, 0.15) is 0 Å². The molecule has 8 nitrogen and oxygen atoms in total. The van der Waals surface area contributed by atoms with Crippen LogP contribution in [0.4, 0.5) is 0 Å². The Labute approximate surface area is 415 Å². The topological polar surface area (TPSA) is 132 Å². The lowest BCUT2D eigenvalue weighted by Gasteiger charge is -2.05. The molecule has 0 amide bonds. The molecule has 384 valence electrons. The third-order valence-electron chi connectivity index (χ3n) is 12.3. The molecule has 0 aliphatic heterocycles. The van der Waals surface area contributed by atoms with Gasteiger partial charge in [0, 0.05) is 10.7 Å². The van der Waals surface area contributed by atoms with E-state index in [1.54, 1.807) is 36.4 Å². The third-order valence-corrected chi connectivity index (χ3v) is 15.8.